The minimum absolute atomic E-state index is 0.0765. The lowest BCUT2D eigenvalue weighted by Gasteiger charge is -2.37. The number of nitrogens with zero attached hydrogens (tertiary/aromatic N) is 2. The van der Waals surface area contributed by atoms with Crippen LogP contribution < -0.4 is 5.73 Å². The molecular formula is C15H18ClN3O2S. The molecule has 2 unspecified atom stereocenters. The lowest BCUT2D eigenvalue weighted by Crippen LogP contribution is -2.49. The largest absolute Gasteiger partial charge is 0.355 e. The Kier molecular flexibility index (Phi) is 4.52. The second-order valence-electron chi connectivity index (χ2n) is 5.70. The fourth-order valence-electron chi connectivity index (χ4n) is 2.83. The Hall–Kier alpha value is -1.37. The van der Waals surface area contributed by atoms with E-state index >= 15 is 0 Å². The highest BCUT2D eigenvalue weighted by atomic mass is 35.5. The predicted molar refractivity (Wildman–Crippen MR) is 87.1 cm³/mol. The maximum Gasteiger partial charge on any atom is 0.276 e. The highest BCUT2D eigenvalue weighted by Crippen LogP contribution is 2.32. The van der Waals surface area contributed by atoms with Crippen molar-refractivity contribution in [2.24, 2.45) is 11.7 Å². The van der Waals surface area contributed by atoms with E-state index in [1.165, 1.54) is 11.3 Å². The van der Waals surface area contributed by atoms with Crippen molar-refractivity contribution in [2.45, 2.75) is 25.8 Å². The number of aromatic nitrogens is 1. The Balaban J connectivity index is 1.79. The average Bonchev–Trinajstić information content (AvgIpc) is 3.15. The molecule has 2 N–H and O–H groups in total. The number of carbonyl (C=O) groups excluding carboxylic acids is 1. The number of thiophene rings is 1. The van der Waals surface area contributed by atoms with Crippen molar-refractivity contribution in [1.82, 2.24) is 10.1 Å². The molecule has 3 heterocycles. The first kappa shape index (κ1) is 15.5. The van der Waals surface area contributed by atoms with E-state index in [1.54, 1.807) is 12.1 Å². The first-order chi connectivity index (χ1) is 10.6. The summed E-state index contributed by atoms with van der Waals surface area (Å²) >= 11 is 7.31. The standard InChI is InChI=1S/C15H18ClN3O2S/c1-9-4-5-19(10(6-9)8-17)15(20)11-7-12(21-18-11)13-2-3-14(16)22-13/h2-3,7,9-10H,4-6,8,17H2,1H3. The van der Waals surface area contributed by atoms with Crippen molar-refractivity contribution >= 4 is 28.8 Å². The van der Waals surface area contributed by atoms with Crippen LogP contribution in [0.5, 0.6) is 0 Å². The molecular weight excluding hydrogens is 322 g/mol. The fraction of sp³-hybridized carbons (Fsp3) is 0.467. The second kappa shape index (κ2) is 6.40. The molecule has 0 saturated carbocycles. The third-order valence-electron chi connectivity index (χ3n) is 4.06. The average molecular weight is 340 g/mol. The van der Waals surface area contributed by atoms with E-state index in [9.17, 15) is 4.79 Å². The number of hydrogen-bond donors (Lipinski definition) is 1. The van der Waals surface area contributed by atoms with Gasteiger partial charge in [0.25, 0.3) is 5.91 Å². The van der Waals surface area contributed by atoms with E-state index in [-0.39, 0.29) is 11.9 Å². The van der Waals surface area contributed by atoms with Gasteiger partial charge in [-0.1, -0.05) is 23.7 Å². The third kappa shape index (κ3) is 3.04. The van der Waals surface area contributed by atoms with Gasteiger partial charge in [0.1, 0.15) is 0 Å². The zero-order chi connectivity index (χ0) is 15.7. The molecule has 0 bridgehead atoms. The molecule has 1 amide bonds. The van der Waals surface area contributed by atoms with E-state index in [0.29, 0.717) is 28.3 Å². The third-order valence-corrected chi connectivity index (χ3v) is 5.30. The van der Waals surface area contributed by atoms with Gasteiger partial charge in [-0.2, -0.15) is 0 Å². The van der Waals surface area contributed by atoms with E-state index in [4.69, 9.17) is 21.9 Å². The lowest BCUT2D eigenvalue weighted by atomic mass is 9.92. The van der Waals surface area contributed by atoms with Crippen molar-refractivity contribution in [2.75, 3.05) is 13.1 Å². The smallest absolute Gasteiger partial charge is 0.276 e. The SMILES string of the molecule is CC1CCN(C(=O)c2cc(-c3ccc(Cl)s3)on2)C(CN)C1. The van der Waals surface area contributed by atoms with Gasteiger partial charge in [0, 0.05) is 25.2 Å². The molecule has 2 atom stereocenters. The van der Waals surface area contributed by atoms with Crippen molar-refractivity contribution in [3.8, 4) is 10.6 Å². The minimum Gasteiger partial charge on any atom is -0.355 e. The number of likely N-dealkylation sites (tertiary alicyclic amines) is 1. The van der Waals surface area contributed by atoms with Crippen molar-refractivity contribution in [3.05, 3.63) is 28.2 Å². The summed E-state index contributed by atoms with van der Waals surface area (Å²) in [7, 11) is 0. The number of piperidine rings is 1. The highest BCUT2D eigenvalue weighted by molar-refractivity contribution is 7.19. The van der Waals surface area contributed by atoms with Crippen LogP contribution in [-0.4, -0.2) is 35.1 Å². The first-order valence-electron chi connectivity index (χ1n) is 7.32. The molecule has 0 aliphatic carbocycles. The van der Waals surface area contributed by atoms with E-state index in [0.717, 1.165) is 24.3 Å². The second-order valence-corrected chi connectivity index (χ2v) is 7.41. The molecule has 3 rings (SSSR count). The van der Waals surface area contributed by atoms with Crippen molar-refractivity contribution < 1.29 is 9.32 Å². The Bertz CT molecular complexity index is 669. The van der Waals surface area contributed by atoms with Crippen LogP contribution in [0, 0.1) is 5.92 Å². The van der Waals surface area contributed by atoms with Gasteiger partial charge in [-0.25, -0.2) is 0 Å². The van der Waals surface area contributed by atoms with Gasteiger partial charge in [-0.15, -0.1) is 11.3 Å². The summed E-state index contributed by atoms with van der Waals surface area (Å²) in [6.45, 7) is 3.38. The molecule has 0 radical (unpaired) electrons. The summed E-state index contributed by atoms with van der Waals surface area (Å²) in [5.74, 6) is 1.05. The van der Waals surface area contributed by atoms with Crippen LogP contribution in [0.4, 0.5) is 0 Å². The molecule has 1 aliphatic heterocycles. The van der Waals surface area contributed by atoms with Gasteiger partial charge in [-0.05, 0) is 30.9 Å². The lowest BCUT2D eigenvalue weighted by molar-refractivity contribution is 0.0563. The molecule has 1 fully saturated rings. The summed E-state index contributed by atoms with van der Waals surface area (Å²) in [6, 6.07) is 5.40. The highest BCUT2D eigenvalue weighted by Gasteiger charge is 2.31. The molecule has 1 aliphatic rings. The van der Waals surface area contributed by atoms with Gasteiger partial charge in [0.2, 0.25) is 0 Å². The summed E-state index contributed by atoms with van der Waals surface area (Å²) in [5.41, 5.74) is 6.15. The number of carbonyl (C=O) groups is 1. The molecule has 118 valence electrons. The van der Waals surface area contributed by atoms with E-state index < -0.39 is 0 Å². The fourth-order valence-corrected chi connectivity index (χ4v) is 3.82. The predicted octanol–water partition coefficient (Wildman–Crippen LogP) is 3.26. The summed E-state index contributed by atoms with van der Waals surface area (Å²) in [4.78, 5) is 15.3. The molecule has 5 nitrogen and oxygen atoms in total. The summed E-state index contributed by atoms with van der Waals surface area (Å²) in [5, 5.41) is 3.92. The summed E-state index contributed by atoms with van der Waals surface area (Å²) < 4.78 is 5.96. The maximum absolute atomic E-state index is 12.7. The normalized spacial score (nSPS) is 22.0. The van der Waals surface area contributed by atoms with Gasteiger partial charge in [0.15, 0.2) is 11.5 Å². The topological polar surface area (TPSA) is 72.4 Å². The van der Waals surface area contributed by atoms with Crippen molar-refractivity contribution in [1.29, 1.82) is 0 Å². The number of halogens is 1. The van der Waals surface area contributed by atoms with E-state index in [2.05, 4.69) is 12.1 Å². The molecule has 0 spiro atoms. The Morgan fingerprint density at radius 2 is 2.41 bits per heavy atom. The number of rotatable bonds is 3. The van der Waals surface area contributed by atoms with Gasteiger partial charge in [0.05, 0.1) is 9.21 Å². The Labute approximate surface area is 138 Å². The first-order valence-corrected chi connectivity index (χ1v) is 8.51. The summed E-state index contributed by atoms with van der Waals surface area (Å²) in [6.07, 6.45) is 1.93. The van der Waals surface area contributed by atoms with Gasteiger partial charge >= 0.3 is 0 Å². The molecule has 7 heteroatoms. The van der Waals surface area contributed by atoms with Gasteiger partial charge < -0.3 is 15.2 Å². The maximum atomic E-state index is 12.7. The zero-order valence-corrected chi connectivity index (χ0v) is 13.9. The molecule has 0 aromatic carbocycles. The van der Waals surface area contributed by atoms with E-state index in [1.807, 2.05) is 11.0 Å². The Morgan fingerprint density at radius 1 is 1.59 bits per heavy atom. The Morgan fingerprint density at radius 3 is 3.09 bits per heavy atom. The van der Waals surface area contributed by atoms with Crippen LogP contribution in [0.25, 0.3) is 10.6 Å². The van der Waals surface area contributed by atoms with Crippen LogP contribution in [0.15, 0.2) is 22.7 Å². The number of amides is 1. The minimum atomic E-state index is -0.111. The molecule has 1 saturated heterocycles. The number of hydrogen-bond acceptors (Lipinski definition) is 5. The van der Waals surface area contributed by atoms with Crippen LogP contribution in [0.1, 0.15) is 30.3 Å². The van der Waals surface area contributed by atoms with Crippen LogP contribution >= 0.6 is 22.9 Å². The van der Waals surface area contributed by atoms with Gasteiger partial charge in [-0.3, -0.25) is 4.79 Å². The van der Waals surface area contributed by atoms with Crippen LogP contribution in [0.2, 0.25) is 4.34 Å². The number of nitrogens with two attached hydrogens (primary N) is 1. The zero-order valence-electron chi connectivity index (χ0n) is 12.3. The molecule has 2 aromatic rings. The van der Waals surface area contributed by atoms with Crippen LogP contribution in [-0.2, 0) is 0 Å². The van der Waals surface area contributed by atoms with Crippen LogP contribution in [0.3, 0.4) is 0 Å². The quantitative estimate of drug-likeness (QED) is 0.931. The molecule has 2 aromatic heterocycles. The van der Waals surface area contributed by atoms with Crippen molar-refractivity contribution in [3.63, 3.8) is 0 Å². The molecule has 22 heavy (non-hydrogen) atoms. The monoisotopic (exact) mass is 339 g/mol.